The normalized spacial score (nSPS) is 12.8. The van der Waals surface area contributed by atoms with Crippen LogP contribution in [0.2, 0.25) is 5.02 Å². The third-order valence-electron chi connectivity index (χ3n) is 5.41. The van der Waals surface area contributed by atoms with Crippen LogP contribution in [0.3, 0.4) is 0 Å². The number of rotatable bonds is 9. The van der Waals surface area contributed by atoms with Crippen LogP contribution in [0.25, 0.3) is 0 Å². The number of thiophene rings is 1. The third-order valence-corrected chi connectivity index (χ3v) is 6.73. The number of likely N-dealkylation sites (N-methyl/N-ethyl adjacent to an activating group) is 1. The SMILES string of the molecule is CCN(CC)C(=O)COc1ccc(NC(=O)CCC(=O)N2CCc3sccc3C2)cc1Cl. The molecule has 32 heavy (non-hydrogen) atoms. The molecule has 2 aromatic rings. The first-order valence-electron chi connectivity index (χ1n) is 10.7. The van der Waals surface area contributed by atoms with Crippen LogP contribution in [0.4, 0.5) is 5.69 Å². The topological polar surface area (TPSA) is 79.0 Å². The fourth-order valence-corrected chi connectivity index (χ4v) is 4.69. The van der Waals surface area contributed by atoms with Gasteiger partial charge in [-0.3, -0.25) is 14.4 Å². The maximum Gasteiger partial charge on any atom is 0.260 e. The van der Waals surface area contributed by atoms with Crippen molar-refractivity contribution in [3.8, 4) is 5.75 Å². The van der Waals surface area contributed by atoms with Crippen LogP contribution in [-0.4, -0.2) is 53.8 Å². The standard InChI is InChI=1S/C23H28ClN3O4S/c1-3-26(4-2)23(30)15-31-19-6-5-17(13-18(19)24)25-21(28)7-8-22(29)27-11-9-20-16(14-27)10-12-32-20/h5-6,10,12-13H,3-4,7-9,11,14-15H2,1-2H3,(H,25,28). The Hall–Kier alpha value is -2.58. The summed E-state index contributed by atoms with van der Waals surface area (Å²) in [5, 5.41) is 5.11. The second kappa shape index (κ2) is 11.3. The molecule has 0 unspecified atom stereocenters. The van der Waals surface area contributed by atoms with Gasteiger partial charge in [0.25, 0.3) is 5.91 Å². The van der Waals surface area contributed by atoms with E-state index in [0.717, 1.165) is 6.42 Å². The Morgan fingerprint density at radius 1 is 1.19 bits per heavy atom. The molecule has 7 nitrogen and oxygen atoms in total. The Labute approximate surface area is 197 Å². The Bertz CT molecular complexity index is 974. The van der Waals surface area contributed by atoms with Gasteiger partial charge in [-0.15, -0.1) is 11.3 Å². The van der Waals surface area contributed by atoms with E-state index in [0.29, 0.717) is 42.6 Å². The Morgan fingerprint density at radius 2 is 1.97 bits per heavy atom. The van der Waals surface area contributed by atoms with Gasteiger partial charge in [-0.25, -0.2) is 0 Å². The molecule has 3 amide bonds. The molecule has 0 radical (unpaired) electrons. The molecule has 1 N–H and O–H groups in total. The summed E-state index contributed by atoms with van der Waals surface area (Å²) in [5.74, 6) is -0.0139. The number of anilines is 1. The average Bonchev–Trinajstić information content (AvgIpc) is 3.25. The largest absolute Gasteiger partial charge is 0.482 e. The van der Waals surface area contributed by atoms with Crippen molar-refractivity contribution >= 4 is 46.3 Å². The number of carbonyl (C=O) groups excluding carboxylic acids is 3. The molecule has 0 bridgehead atoms. The van der Waals surface area contributed by atoms with Crippen molar-refractivity contribution in [1.29, 1.82) is 0 Å². The van der Waals surface area contributed by atoms with E-state index in [2.05, 4.69) is 16.8 Å². The monoisotopic (exact) mass is 477 g/mol. The van der Waals surface area contributed by atoms with Crippen LogP contribution < -0.4 is 10.1 Å². The highest BCUT2D eigenvalue weighted by atomic mass is 35.5. The number of halogens is 1. The van der Waals surface area contributed by atoms with Gasteiger partial charge in [-0.2, -0.15) is 0 Å². The molecule has 1 aliphatic heterocycles. The van der Waals surface area contributed by atoms with E-state index < -0.39 is 0 Å². The zero-order valence-corrected chi connectivity index (χ0v) is 19.9. The number of hydrogen-bond acceptors (Lipinski definition) is 5. The van der Waals surface area contributed by atoms with Gasteiger partial charge < -0.3 is 19.9 Å². The molecule has 0 atom stereocenters. The summed E-state index contributed by atoms with van der Waals surface area (Å²) in [6, 6.07) is 6.90. The molecular formula is C23H28ClN3O4S. The van der Waals surface area contributed by atoms with Crippen LogP contribution in [0.5, 0.6) is 5.75 Å². The van der Waals surface area contributed by atoms with E-state index in [1.165, 1.54) is 10.4 Å². The fourth-order valence-electron chi connectivity index (χ4n) is 3.57. The summed E-state index contributed by atoms with van der Waals surface area (Å²) in [6.45, 7) is 6.27. The molecule has 9 heteroatoms. The molecule has 0 fully saturated rings. The van der Waals surface area contributed by atoms with Gasteiger partial charge in [-0.1, -0.05) is 11.6 Å². The van der Waals surface area contributed by atoms with Crippen molar-refractivity contribution < 1.29 is 19.1 Å². The molecule has 0 saturated carbocycles. The molecule has 3 rings (SSSR count). The van der Waals surface area contributed by atoms with E-state index in [9.17, 15) is 14.4 Å². The highest BCUT2D eigenvalue weighted by Gasteiger charge is 2.22. The molecule has 0 aliphatic carbocycles. The van der Waals surface area contributed by atoms with Gasteiger partial charge in [-0.05, 0) is 55.5 Å². The first kappa shape index (κ1) is 24.1. The number of carbonyl (C=O) groups is 3. The molecule has 172 valence electrons. The van der Waals surface area contributed by atoms with Crippen molar-refractivity contribution in [2.75, 3.05) is 31.6 Å². The summed E-state index contributed by atoms with van der Waals surface area (Å²) in [4.78, 5) is 41.7. The number of nitrogens with zero attached hydrogens (tertiary/aromatic N) is 2. The van der Waals surface area contributed by atoms with Crippen LogP contribution >= 0.6 is 22.9 Å². The smallest absolute Gasteiger partial charge is 0.260 e. The molecule has 1 aromatic carbocycles. The Balaban J connectivity index is 1.45. The lowest BCUT2D eigenvalue weighted by molar-refractivity contribution is -0.133. The van der Waals surface area contributed by atoms with Gasteiger partial charge >= 0.3 is 0 Å². The highest BCUT2D eigenvalue weighted by Crippen LogP contribution is 2.28. The predicted molar refractivity (Wildman–Crippen MR) is 126 cm³/mol. The van der Waals surface area contributed by atoms with Crippen molar-refractivity contribution in [2.45, 2.75) is 39.7 Å². The number of fused-ring (bicyclic) bond motifs is 1. The zero-order chi connectivity index (χ0) is 23.1. The van der Waals surface area contributed by atoms with Crippen molar-refractivity contribution in [3.05, 3.63) is 45.1 Å². The number of amides is 3. The van der Waals surface area contributed by atoms with Crippen molar-refractivity contribution in [3.63, 3.8) is 0 Å². The summed E-state index contributed by atoms with van der Waals surface area (Å²) in [7, 11) is 0. The third kappa shape index (κ3) is 6.23. The van der Waals surface area contributed by atoms with E-state index in [-0.39, 0.29) is 37.2 Å². The van der Waals surface area contributed by atoms with Crippen molar-refractivity contribution in [1.82, 2.24) is 9.80 Å². The van der Waals surface area contributed by atoms with Crippen LogP contribution in [0.15, 0.2) is 29.6 Å². The van der Waals surface area contributed by atoms with E-state index >= 15 is 0 Å². The van der Waals surface area contributed by atoms with E-state index in [1.54, 1.807) is 34.4 Å². The minimum absolute atomic E-state index is 0.0170. The summed E-state index contributed by atoms with van der Waals surface area (Å²) in [6.07, 6.45) is 1.13. The zero-order valence-electron chi connectivity index (χ0n) is 18.4. The quantitative estimate of drug-likeness (QED) is 0.593. The second-order valence-corrected chi connectivity index (χ2v) is 8.89. The van der Waals surface area contributed by atoms with Crippen LogP contribution in [0, 0.1) is 0 Å². The maximum absolute atomic E-state index is 12.5. The molecule has 2 heterocycles. The lowest BCUT2D eigenvalue weighted by Gasteiger charge is -2.27. The van der Waals surface area contributed by atoms with Gasteiger partial charge in [0.1, 0.15) is 5.75 Å². The van der Waals surface area contributed by atoms with Gasteiger partial charge in [0.05, 0.1) is 5.02 Å². The molecule has 0 saturated heterocycles. The summed E-state index contributed by atoms with van der Waals surface area (Å²) < 4.78 is 5.52. The lowest BCUT2D eigenvalue weighted by atomic mass is 10.1. The summed E-state index contributed by atoms with van der Waals surface area (Å²) >= 11 is 7.97. The first-order chi connectivity index (χ1) is 15.4. The fraction of sp³-hybridized carbons (Fsp3) is 0.435. The lowest BCUT2D eigenvalue weighted by Crippen LogP contribution is -2.35. The molecule has 1 aromatic heterocycles. The van der Waals surface area contributed by atoms with Gasteiger partial charge in [0.2, 0.25) is 11.8 Å². The Morgan fingerprint density at radius 3 is 2.69 bits per heavy atom. The number of benzene rings is 1. The van der Waals surface area contributed by atoms with Gasteiger partial charge in [0.15, 0.2) is 6.61 Å². The van der Waals surface area contributed by atoms with Gasteiger partial charge in [0, 0.05) is 49.6 Å². The van der Waals surface area contributed by atoms with E-state index in [4.69, 9.17) is 16.3 Å². The summed E-state index contributed by atoms with van der Waals surface area (Å²) in [5.41, 5.74) is 1.71. The average molecular weight is 478 g/mol. The molecule has 0 spiro atoms. The number of ether oxygens (including phenoxy) is 1. The molecular weight excluding hydrogens is 450 g/mol. The minimum Gasteiger partial charge on any atom is -0.482 e. The maximum atomic E-state index is 12.5. The number of nitrogens with one attached hydrogen (secondary N) is 1. The number of hydrogen-bond donors (Lipinski definition) is 1. The Kier molecular flexibility index (Phi) is 8.53. The van der Waals surface area contributed by atoms with Crippen LogP contribution in [0.1, 0.15) is 37.1 Å². The van der Waals surface area contributed by atoms with E-state index in [1.807, 2.05) is 18.7 Å². The molecule has 1 aliphatic rings. The second-order valence-electron chi connectivity index (χ2n) is 7.48. The first-order valence-corrected chi connectivity index (χ1v) is 12.0. The highest BCUT2D eigenvalue weighted by molar-refractivity contribution is 7.10. The minimum atomic E-state index is -0.256. The van der Waals surface area contributed by atoms with Crippen molar-refractivity contribution in [2.24, 2.45) is 0 Å². The van der Waals surface area contributed by atoms with Crippen LogP contribution in [-0.2, 0) is 27.3 Å². The predicted octanol–water partition coefficient (Wildman–Crippen LogP) is 3.95.